The van der Waals surface area contributed by atoms with Crippen molar-refractivity contribution in [1.82, 2.24) is 14.9 Å². The van der Waals surface area contributed by atoms with Gasteiger partial charge in [0.2, 0.25) is 0 Å². The SMILES string of the molecule is Cc1ncsc1CN(C)CC(C)C(N)c1ccc(F)cn1. The van der Waals surface area contributed by atoms with E-state index in [1.807, 2.05) is 12.4 Å². The van der Waals surface area contributed by atoms with E-state index in [1.54, 1.807) is 17.4 Å². The minimum absolute atomic E-state index is 0.199. The largest absolute Gasteiger partial charge is 0.322 e. The molecule has 2 aromatic rings. The molecule has 0 bridgehead atoms. The number of aromatic nitrogens is 2. The average molecular weight is 308 g/mol. The topological polar surface area (TPSA) is 55.0 Å². The lowest BCUT2D eigenvalue weighted by Gasteiger charge is -2.25. The molecule has 0 amide bonds. The molecular formula is C15H21FN4S. The van der Waals surface area contributed by atoms with Crippen LogP contribution >= 0.6 is 11.3 Å². The van der Waals surface area contributed by atoms with E-state index in [1.165, 1.54) is 17.1 Å². The number of nitrogens with two attached hydrogens (primary N) is 1. The van der Waals surface area contributed by atoms with Crippen LogP contribution in [0, 0.1) is 18.7 Å². The second kappa shape index (κ2) is 7.06. The predicted octanol–water partition coefficient (Wildman–Crippen LogP) is 2.75. The Morgan fingerprint density at radius 1 is 1.38 bits per heavy atom. The van der Waals surface area contributed by atoms with Crippen molar-refractivity contribution >= 4 is 11.3 Å². The van der Waals surface area contributed by atoms with Crippen LogP contribution in [0.1, 0.15) is 29.2 Å². The highest BCUT2D eigenvalue weighted by Gasteiger charge is 2.18. The fraction of sp³-hybridized carbons (Fsp3) is 0.467. The van der Waals surface area contributed by atoms with Crippen LogP contribution in [0.2, 0.25) is 0 Å². The Morgan fingerprint density at radius 3 is 2.71 bits per heavy atom. The molecule has 2 atom stereocenters. The second-order valence-electron chi connectivity index (χ2n) is 5.46. The molecule has 0 aromatic carbocycles. The van der Waals surface area contributed by atoms with Gasteiger partial charge < -0.3 is 10.6 Å². The average Bonchev–Trinajstić information content (AvgIpc) is 2.84. The lowest BCUT2D eigenvalue weighted by molar-refractivity contribution is 0.257. The molecular weight excluding hydrogens is 287 g/mol. The summed E-state index contributed by atoms with van der Waals surface area (Å²) in [5.74, 6) is -0.113. The van der Waals surface area contributed by atoms with Crippen molar-refractivity contribution in [3.8, 4) is 0 Å². The van der Waals surface area contributed by atoms with Gasteiger partial charge in [0.1, 0.15) is 5.82 Å². The van der Waals surface area contributed by atoms with Crippen molar-refractivity contribution in [2.24, 2.45) is 11.7 Å². The molecule has 2 N–H and O–H groups in total. The van der Waals surface area contributed by atoms with E-state index in [0.717, 1.165) is 24.5 Å². The van der Waals surface area contributed by atoms with Gasteiger partial charge in [0.05, 0.1) is 29.1 Å². The Kier molecular flexibility index (Phi) is 5.39. The molecule has 0 spiro atoms. The minimum Gasteiger partial charge on any atom is -0.322 e. The van der Waals surface area contributed by atoms with Gasteiger partial charge in [0.25, 0.3) is 0 Å². The van der Waals surface area contributed by atoms with Crippen LogP contribution in [0.4, 0.5) is 4.39 Å². The number of rotatable bonds is 6. The molecule has 0 aliphatic heterocycles. The number of pyridine rings is 1. The van der Waals surface area contributed by atoms with Crippen molar-refractivity contribution in [3.63, 3.8) is 0 Å². The second-order valence-corrected chi connectivity index (χ2v) is 6.40. The Morgan fingerprint density at radius 2 is 2.14 bits per heavy atom. The molecule has 2 heterocycles. The zero-order chi connectivity index (χ0) is 15.4. The maximum atomic E-state index is 12.9. The molecule has 2 aromatic heterocycles. The van der Waals surface area contributed by atoms with E-state index in [9.17, 15) is 4.39 Å². The van der Waals surface area contributed by atoms with Gasteiger partial charge in [0, 0.05) is 18.0 Å². The van der Waals surface area contributed by atoms with E-state index in [2.05, 4.69) is 28.8 Å². The molecule has 0 saturated carbocycles. The first-order valence-corrected chi connectivity index (χ1v) is 7.80. The maximum absolute atomic E-state index is 12.9. The van der Waals surface area contributed by atoms with Crippen LogP contribution < -0.4 is 5.73 Å². The fourth-order valence-corrected chi connectivity index (χ4v) is 3.13. The summed E-state index contributed by atoms with van der Waals surface area (Å²) in [6, 6.07) is 2.86. The normalized spacial score (nSPS) is 14.4. The van der Waals surface area contributed by atoms with Gasteiger partial charge in [-0.25, -0.2) is 9.37 Å². The summed E-state index contributed by atoms with van der Waals surface area (Å²) in [6.07, 6.45) is 1.21. The molecule has 21 heavy (non-hydrogen) atoms. The summed E-state index contributed by atoms with van der Waals surface area (Å²) >= 11 is 1.67. The lowest BCUT2D eigenvalue weighted by atomic mass is 9.98. The van der Waals surface area contributed by atoms with Crippen LogP contribution in [0.15, 0.2) is 23.8 Å². The van der Waals surface area contributed by atoms with Gasteiger partial charge in [-0.2, -0.15) is 0 Å². The number of nitrogens with zero attached hydrogens (tertiary/aromatic N) is 3. The van der Waals surface area contributed by atoms with Gasteiger partial charge in [-0.1, -0.05) is 6.92 Å². The summed E-state index contributed by atoms with van der Waals surface area (Å²) in [6.45, 7) is 5.82. The van der Waals surface area contributed by atoms with Crippen LogP contribution in [0.5, 0.6) is 0 Å². The van der Waals surface area contributed by atoms with Gasteiger partial charge in [0.15, 0.2) is 0 Å². The van der Waals surface area contributed by atoms with E-state index in [0.29, 0.717) is 0 Å². The molecule has 4 nitrogen and oxygen atoms in total. The molecule has 6 heteroatoms. The molecule has 0 saturated heterocycles. The smallest absolute Gasteiger partial charge is 0.141 e. The molecule has 0 fully saturated rings. The number of hydrogen-bond acceptors (Lipinski definition) is 5. The van der Waals surface area contributed by atoms with Gasteiger partial charge in [-0.3, -0.25) is 4.98 Å². The van der Waals surface area contributed by atoms with Crippen molar-refractivity contribution in [2.45, 2.75) is 26.4 Å². The van der Waals surface area contributed by atoms with E-state index < -0.39 is 0 Å². The number of halogens is 1. The maximum Gasteiger partial charge on any atom is 0.141 e. The van der Waals surface area contributed by atoms with Gasteiger partial charge in [-0.05, 0) is 32.0 Å². The van der Waals surface area contributed by atoms with Crippen molar-refractivity contribution in [1.29, 1.82) is 0 Å². The third-order valence-electron chi connectivity index (χ3n) is 3.56. The molecule has 2 unspecified atom stereocenters. The van der Waals surface area contributed by atoms with Crippen LogP contribution in [-0.4, -0.2) is 28.5 Å². The third-order valence-corrected chi connectivity index (χ3v) is 4.48. The Labute approximate surface area is 128 Å². The third kappa shape index (κ3) is 4.30. The summed E-state index contributed by atoms with van der Waals surface area (Å²) in [5, 5.41) is 0. The van der Waals surface area contributed by atoms with Crippen LogP contribution in [0.25, 0.3) is 0 Å². The molecule has 0 radical (unpaired) electrons. The lowest BCUT2D eigenvalue weighted by Crippen LogP contribution is -2.31. The molecule has 0 aliphatic carbocycles. The summed E-state index contributed by atoms with van der Waals surface area (Å²) in [4.78, 5) is 11.8. The summed E-state index contributed by atoms with van der Waals surface area (Å²) in [5.41, 5.74) is 9.91. The van der Waals surface area contributed by atoms with Crippen molar-refractivity contribution < 1.29 is 4.39 Å². The standard InChI is InChI=1S/C15H21FN4S/c1-10(15(17)13-5-4-12(16)6-18-13)7-20(3)8-14-11(2)19-9-21-14/h4-6,9-10,15H,7-8,17H2,1-3H3. The summed E-state index contributed by atoms with van der Waals surface area (Å²) < 4.78 is 12.9. The Balaban J connectivity index is 1.92. The number of thiazole rings is 1. The Bertz CT molecular complexity index is 569. The first-order chi connectivity index (χ1) is 9.97. The van der Waals surface area contributed by atoms with Gasteiger partial charge in [-0.15, -0.1) is 11.3 Å². The zero-order valence-electron chi connectivity index (χ0n) is 12.6. The highest BCUT2D eigenvalue weighted by atomic mass is 32.1. The van der Waals surface area contributed by atoms with E-state index in [4.69, 9.17) is 5.73 Å². The highest BCUT2D eigenvalue weighted by Crippen LogP contribution is 2.20. The van der Waals surface area contributed by atoms with E-state index >= 15 is 0 Å². The van der Waals surface area contributed by atoms with Gasteiger partial charge >= 0.3 is 0 Å². The number of hydrogen-bond donors (Lipinski definition) is 1. The van der Waals surface area contributed by atoms with Crippen molar-refractivity contribution in [2.75, 3.05) is 13.6 Å². The van der Waals surface area contributed by atoms with Crippen LogP contribution in [0.3, 0.4) is 0 Å². The molecule has 114 valence electrons. The number of aryl methyl sites for hydroxylation is 1. The highest BCUT2D eigenvalue weighted by molar-refractivity contribution is 7.09. The van der Waals surface area contributed by atoms with E-state index in [-0.39, 0.29) is 17.8 Å². The summed E-state index contributed by atoms with van der Waals surface area (Å²) in [7, 11) is 2.07. The zero-order valence-corrected chi connectivity index (χ0v) is 13.4. The first-order valence-electron chi connectivity index (χ1n) is 6.92. The molecule has 0 aliphatic rings. The monoisotopic (exact) mass is 308 g/mol. The minimum atomic E-state index is -0.337. The van der Waals surface area contributed by atoms with Crippen molar-refractivity contribution in [3.05, 3.63) is 45.9 Å². The molecule has 2 rings (SSSR count). The predicted molar refractivity (Wildman–Crippen MR) is 83.5 cm³/mol. The first kappa shape index (κ1) is 16.0. The Hall–Kier alpha value is -1.37. The quantitative estimate of drug-likeness (QED) is 0.891. The fourth-order valence-electron chi connectivity index (χ4n) is 2.27. The van der Waals surface area contributed by atoms with Crippen LogP contribution in [-0.2, 0) is 6.54 Å².